The standard InChI is InChI=1S/C18H28N4O2.HI/c1-4-19-18(22-12-10-21(11-13-22)16(3)23)20-9-14-24-17-7-5-15(2)6-8-17;/h5-8H,4,9-14H2,1-3H3,(H,19,20);1H. The number of aliphatic imine (C=N–C) groups is 1. The topological polar surface area (TPSA) is 57.2 Å². The van der Waals surface area contributed by atoms with E-state index in [9.17, 15) is 4.79 Å². The molecule has 25 heavy (non-hydrogen) atoms. The first kappa shape index (κ1) is 21.5. The zero-order chi connectivity index (χ0) is 17.4. The average molecular weight is 460 g/mol. The molecule has 0 bridgehead atoms. The summed E-state index contributed by atoms with van der Waals surface area (Å²) < 4.78 is 5.72. The molecule has 1 aromatic rings. The first-order valence-corrected chi connectivity index (χ1v) is 8.58. The van der Waals surface area contributed by atoms with Gasteiger partial charge in [0.2, 0.25) is 5.91 Å². The van der Waals surface area contributed by atoms with E-state index in [2.05, 4.69) is 29.1 Å². The second kappa shape index (κ2) is 11.2. The van der Waals surface area contributed by atoms with Gasteiger partial charge in [-0.3, -0.25) is 4.79 Å². The fraction of sp³-hybridized carbons (Fsp3) is 0.556. The lowest BCUT2D eigenvalue weighted by Gasteiger charge is -2.36. The maximum Gasteiger partial charge on any atom is 0.219 e. The highest BCUT2D eigenvalue weighted by Crippen LogP contribution is 2.11. The van der Waals surface area contributed by atoms with Crippen molar-refractivity contribution < 1.29 is 9.53 Å². The smallest absolute Gasteiger partial charge is 0.219 e. The molecule has 0 atom stereocenters. The summed E-state index contributed by atoms with van der Waals surface area (Å²) in [4.78, 5) is 20.1. The van der Waals surface area contributed by atoms with Crippen molar-refractivity contribution >= 4 is 35.8 Å². The van der Waals surface area contributed by atoms with Gasteiger partial charge in [0.15, 0.2) is 5.96 Å². The van der Waals surface area contributed by atoms with Crippen LogP contribution in [0.1, 0.15) is 19.4 Å². The minimum atomic E-state index is 0. The number of rotatable bonds is 5. The van der Waals surface area contributed by atoms with Gasteiger partial charge in [0.05, 0.1) is 6.54 Å². The summed E-state index contributed by atoms with van der Waals surface area (Å²) >= 11 is 0. The van der Waals surface area contributed by atoms with Gasteiger partial charge in [0, 0.05) is 39.6 Å². The lowest BCUT2D eigenvalue weighted by atomic mass is 10.2. The Bertz CT molecular complexity index is 555. The van der Waals surface area contributed by atoms with E-state index in [1.807, 2.05) is 29.2 Å². The van der Waals surface area contributed by atoms with Crippen LogP contribution in [0.25, 0.3) is 0 Å². The number of hydrogen-bond acceptors (Lipinski definition) is 3. The minimum Gasteiger partial charge on any atom is -0.492 e. The molecule has 0 saturated carbocycles. The Morgan fingerprint density at radius 2 is 1.76 bits per heavy atom. The highest BCUT2D eigenvalue weighted by molar-refractivity contribution is 14.0. The van der Waals surface area contributed by atoms with E-state index in [1.165, 1.54) is 5.56 Å². The van der Waals surface area contributed by atoms with Crippen molar-refractivity contribution in [2.45, 2.75) is 20.8 Å². The summed E-state index contributed by atoms with van der Waals surface area (Å²) in [6.45, 7) is 10.8. The monoisotopic (exact) mass is 460 g/mol. The Hall–Kier alpha value is -1.51. The number of aryl methyl sites for hydroxylation is 1. The van der Waals surface area contributed by atoms with Crippen LogP contribution >= 0.6 is 24.0 Å². The van der Waals surface area contributed by atoms with Crippen molar-refractivity contribution in [3.05, 3.63) is 29.8 Å². The normalized spacial score (nSPS) is 14.8. The van der Waals surface area contributed by atoms with Gasteiger partial charge in [-0.2, -0.15) is 0 Å². The first-order valence-electron chi connectivity index (χ1n) is 8.58. The largest absolute Gasteiger partial charge is 0.492 e. The molecule has 7 heteroatoms. The molecular weight excluding hydrogens is 431 g/mol. The van der Waals surface area contributed by atoms with Gasteiger partial charge in [-0.25, -0.2) is 4.99 Å². The average Bonchev–Trinajstić information content (AvgIpc) is 2.59. The number of hydrogen-bond donors (Lipinski definition) is 1. The molecule has 140 valence electrons. The third kappa shape index (κ3) is 7.09. The van der Waals surface area contributed by atoms with Gasteiger partial charge in [-0.05, 0) is 26.0 Å². The van der Waals surface area contributed by atoms with Crippen molar-refractivity contribution in [1.29, 1.82) is 0 Å². The van der Waals surface area contributed by atoms with Gasteiger partial charge in [0.1, 0.15) is 12.4 Å². The Labute approximate surface area is 167 Å². The molecule has 1 N–H and O–H groups in total. The predicted octanol–water partition coefficient (Wildman–Crippen LogP) is 2.12. The summed E-state index contributed by atoms with van der Waals surface area (Å²) in [6.07, 6.45) is 0. The Morgan fingerprint density at radius 3 is 2.32 bits per heavy atom. The van der Waals surface area contributed by atoms with Crippen LogP contribution in [0.2, 0.25) is 0 Å². The fourth-order valence-electron chi connectivity index (χ4n) is 2.61. The first-order chi connectivity index (χ1) is 11.6. The summed E-state index contributed by atoms with van der Waals surface area (Å²) in [5.41, 5.74) is 1.22. The Morgan fingerprint density at radius 1 is 1.16 bits per heavy atom. The van der Waals surface area contributed by atoms with Gasteiger partial charge in [0.25, 0.3) is 0 Å². The number of nitrogens with zero attached hydrogens (tertiary/aromatic N) is 3. The molecule has 1 fully saturated rings. The van der Waals surface area contributed by atoms with Crippen molar-refractivity contribution in [3.63, 3.8) is 0 Å². The number of ether oxygens (including phenoxy) is 1. The molecule has 0 unspecified atom stereocenters. The molecule has 1 heterocycles. The Kier molecular flexibility index (Phi) is 9.62. The zero-order valence-electron chi connectivity index (χ0n) is 15.3. The van der Waals surface area contributed by atoms with E-state index in [4.69, 9.17) is 4.74 Å². The van der Waals surface area contributed by atoms with Crippen LogP contribution in [0.5, 0.6) is 5.75 Å². The van der Waals surface area contributed by atoms with Crippen molar-refractivity contribution in [3.8, 4) is 5.75 Å². The molecule has 1 saturated heterocycles. The maximum atomic E-state index is 11.4. The SMILES string of the molecule is CCNC(=NCCOc1ccc(C)cc1)N1CCN(C(C)=O)CC1.I. The fourth-order valence-corrected chi connectivity index (χ4v) is 2.61. The lowest BCUT2D eigenvalue weighted by molar-refractivity contribution is -0.130. The van der Waals surface area contributed by atoms with Crippen molar-refractivity contribution in [2.75, 3.05) is 45.9 Å². The van der Waals surface area contributed by atoms with Crippen LogP contribution in [0.3, 0.4) is 0 Å². The predicted molar refractivity (Wildman–Crippen MR) is 112 cm³/mol. The molecule has 1 aliphatic rings. The van der Waals surface area contributed by atoms with Crippen molar-refractivity contribution in [1.82, 2.24) is 15.1 Å². The van der Waals surface area contributed by atoms with Gasteiger partial charge in [-0.15, -0.1) is 24.0 Å². The number of amides is 1. The summed E-state index contributed by atoms with van der Waals surface area (Å²) in [7, 11) is 0. The second-order valence-electron chi connectivity index (χ2n) is 5.89. The number of nitrogens with one attached hydrogen (secondary N) is 1. The molecule has 0 aliphatic carbocycles. The Balaban J connectivity index is 0.00000312. The van der Waals surface area contributed by atoms with E-state index < -0.39 is 0 Å². The molecule has 0 aromatic heterocycles. The molecule has 6 nitrogen and oxygen atoms in total. The van der Waals surface area contributed by atoms with Crippen LogP contribution in [-0.4, -0.2) is 67.5 Å². The number of carbonyl (C=O) groups is 1. The number of piperazine rings is 1. The second-order valence-corrected chi connectivity index (χ2v) is 5.89. The van der Waals surface area contributed by atoms with Crippen LogP contribution in [0.15, 0.2) is 29.3 Å². The van der Waals surface area contributed by atoms with Crippen LogP contribution in [-0.2, 0) is 4.79 Å². The van der Waals surface area contributed by atoms with Gasteiger partial charge < -0.3 is 19.9 Å². The highest BCUT2D eigenvalue weighted by atomic mass is 127. The summed E-state index contributed by atoms with van der Waals surface area (Å²) in [5.74, 6) is 1.91. The number of halogens is 1. The number of benzene rings is 1. The molecule has 1 aromatic carbocycles. The van der Waals surface area contributed by atoms with E-state index in [0.717, 1.165) is 44.4 Å². The minimum absolute atomic E-state index is 0. The third-order valence-corrected chi connectivity index (χ3v) is 4.00. The summed E-state index contributed by atoms with van der Waals surface area (Å²) in [6, 6.07) is 8.03. The van der Waals surface area contributed by atoms with Crippen molar-refractivity contribution in [2.24, 2.45) is 4.99 Å². The number of carbonyl (C=O) groups excluding carboxylic acids is 1. The van der Waals surface area contributed by atoms with Gasteiger partial charge >= 0.3 is 0 Å². The van der Waals surface area contributed by atoms with E-state index >= 15 is 0 Å². The highest BCUT2D eigenvalue weighted by Gasteiger charge is 2.20. The van der Waals surface area contributed by atoms with E-state index in [1.54, 1.807) is 6.92 Å². The summed E-state index contributed by atoms with van der Waals surface area (Å²) in [5, 5.41) is 3.32. The molecule has 0 radical (unpaired) electrons. The molecular formula is C18H29IN4O2. The number of guanidine groups is 1. The van der Waals surface area contributed by atoms with Crippen LogP contribution in [0.4, 0.5) is 0 Å². The molecule has 0 spiro atoms. The van der Waals surface area contributed by atoms with Gasteiger partial charge in [-0.1, -0.05) is 17.7 Å². The quantitative estimate of drug-likeness (QED) is 0.317. The van der Waals surface area contributed by atoms with E-state index in [0.29, 0.717) is 13.2 Å². The molecule has 1 aliphatic heterocycles. The van der Waals surface area contributed by atoms with Crippen LogP contribution in [0, 0.1) is 6.92 Å². The lowest BCUT2D eigenvalue weighted by Crippen LogP contribution is -2.53. The van der Waals surface area contributed by atoms with E-state index in [-0.39, 0.29) is 29.9 Å². The third-order valence-electron chi connectivity index (χ3n) is 4.00. The maximum absolute atomic E-state index is 11.4. The van der Waals surface area contributed by atoms with Crippen LogP contribution < -0.4 is 10.1 Å². The molecule has 1 amide bonds. The zero-order valence-corrected chi connectivity index (χ0v) is 17.7. The molecule has 2 rings (SSSR count).